The highest BCUT2D eigenvalue weighted by Gasteiger charge is 2.25. The molecule has 26 heavy (non-hydrogen) atoms. The van der Waals surface area contributed by atoms with Crippen LogP contribution in [0.1, 0.15) is 23.0 Å². The van der Waals surface area contributed by atoms with Crippen LogP contribution in [0, 0.1) is 5.82 Å². The van der Waals surface area contributed by atoms with E-state index in [1.165, 1.54) is 17.3 Å². The van der Waals surface area contributed by atoms with E-state index in [2.05, 4.69) is 25.7 Å². The fourth-order valence-electron chi connectivity index (χ4n) is 3.29. The van der Waals surface area contributed by atoms with Crippen molar-refractivity contribution in [2.24, 2.45) is 0 Å². The molecule has 3 aromatic rings. The number of halogens is 1. The van der Waals surface area contributed by atoms with Crippen LogP contribution in [0.15, 0.2) is 48.5 Å². The van der Waals surface area contributed by atoms with E-state index in [9.17, 15) is 9.18 Å². The molecule has 0 bridgehead atoms. The molecule has 0 saturated heterocycles. The van der Waals surface area contributed by atoms with Crippen LogP contribution < -0.4 is 5.19 Å². The van der Waals surface area contributed by atoms with Crippen molar-refractivity contribution in [2.75, 3.05) is 6.61 Å². The molecule has 0 aliphatic carbocycles. The number of rotatable bonds is 5. The number of ether oxygens (including phenoxy) is 1. The number of esters is 1. The zero-order valence-electron chi connectivity index (χ0n) is 15.7. The Morgan fingerprint density at radius 1 is 1.12 bits per heavy atom. The minimum atomic E-state index is -1.64. The number of carbonyl (C=O) groups excluding carboxylic acids is 1. The van der Waals surface area contributed by atoms with E-state index >= 15 is 0 Å². The van der Waals surface area contributed by atoms with Crippen molar-refractivity contribution in [1.29, 1.82) is 0 Å². The van der Waals surface area contributed by atoms with Gasteiger partial charge in [-0.3, -0.25) is 0 Å². The van der Waals surface area contributed by atoms with Crippen LogP contribution in [0.5, 0.6) is 0 Å². The second-order valence-corrected chi connectivity index (χ2v) is 12.5. The average molecular weight is 370 g/mol. The molecule has 0 radical (unpaired) electrons. The molecule has 0 unspecified atom stereocenters. The molecule has 2 aromatic carbocycles. The van der Waals surface area contributed by atoms with Crippen LogP contribution in [0.25, 0.3) is 10.9 Å². The smallest absolute Gasteiger partial charge is 0.354 e. The molecule has 0 spiro atoms. The number of aromatic nitrogens is 1. The first-order chi connectivity index (χ1) is 12.3. The average Bonchev–Trinajstić information content (AvgIpc) is 2.93. The van der Waals surface area contributed by atoms with Crippen molar-refractivity contribution in [3.63, 3.8) is 0 Å². The third kappa shape index (κ3) is 3.58. The van der Waals surface area contributed by atoms with Gasteiger partial charge in [0.2, 0.25) is 0 Å². The topological polar surface area (TPSA) is 31.2 Å². The summed E-state index contributed by atoms with van der Waals surface area (Å²) in [5, 5.41) is 2.30. The standard InChI is InChI=1S/C21H24FNO2Si/c1-5-25-21(24)18-13-16-9-7-11-19(26(2,3)4)20(16)23(18)14-15-8-6-10-17(22)12-15/h6-13H,5,14H2,1-4H3. The van der Waals surface area contributed by atoms with Crippen molar-refractivity contribution in [3.05, 3.63) is 65.6 Å². The van der Waals surface area contributed by atoms with Crippen molar-refractivity contribution in [1.82, 2.24) is 4.57 Å². The van der Waals surface area contributed by atoms with Crippen LogP contribution in [-0.4, -0.2) is 25.2 Å². The maximum Gasteiger partial charge on any atom is 0.354 e. The van der Waals surface area contributed by atoms with Gasteiger partial charge in [-0.15, -0.1) is 0 Å². The monoisotopic (exact) mass is 369 g/mol. The summed E-state index contributed by atoms with van der Waals surface area (Å²) in [6.07, 6.45) is 0. The molecule has 3 nitrogen and oxygen atoms in total. The SMILES string of the molecule is CCOC(=O)c1cc2cccc([Si](C)(C)C)c2n1Cc1cccc(F)c1. The summed E-state index contributed by atoms with van der Waals surface area (Å²) in [4.78, 5) is 12.5. The number of carbonyl (C=O) groups is 1. The van der Waals surface area contributed by atoms with Gasteiger partial charge in [0.1, 0.15) is 11.5 Å². The molecule has 0 fully saturated rings. The first kappa shape index (κ1) is 18.4. The van der Waals surface area contributed by atoms with Gasteiger partial charge in [0.05, 0.1) is 14.7 Å². The maximum atomic E-state index is 13.7. The number of benzene rings is 2. The quantitative estimate of drug-likeness (QED) is 0.488. The second kappa shape index (κ2) is 7.07. The Balaban J connectivity index is 2.24. The number of hydrogen-bond acceptors (Lipinski definition) is 2. The van der Waals surface area contributed by atoms with E-state index in [0.717, 1.165) is 16.5 Å². The van der Waals surface area contributed by atoms with E-state index in [-0.39, 0.29) is 11.8 Å². The lowest BCUT2D eigenvalue weighted by Crippen LogP contribution is -2.39. The molecule has 0 aliphatic rings. The summed E-state index contributed by atoms with van der Waals surface area (Å²) < 4.78 is 20.9. The van der Waals surface area contributed by atoms with E-state index < -0.39 is 8.07 Å². The summed E-state index contributed by atoms with van der Waals surface area (Å²) >= 11 is 0. The Labute approximate surface area is 154 Å². The number of nitrogens with zero attached hydrogens (tertiary/aromatic N) is 1. The molecule has 0 amide bonds. The van der Waals surface area contributed by atoms with Crippen molar-refractivity contribution in [3.8, 4) is 0 Å². The Morgan fingerprint density at radius 3 is 2.50 bits per heavy atom. The van der Waals surface area contributed by atoms with Gasteiger partial charge < -0.3 is 9.30 Å². The fraction of sp³-hybridized carbons (Fsp3) is 0.286. The van der Waals surface area contributed by atoms with Crippen LogP contribution in [0.3, 0.4) is 0 Å². The largest absolute Gasteiger partial charge is 0.461 e. The molecule has 0 atom stereocenters. The third-order valence-electron chi connectivity index (χ3n) is 4.44. The van der Waals surface area contributed by atoms with Crippen LogP contribution >= 0.6 is 0 Å². The lowest BCUT2D eigenvalue weighted by Gasteiger charge is -2.20. The summed E-state index contributed by atoms with van der Waals surface area (Å²) in [5.41, 5.74) is 2.38. The van der Waals surface area contributed by atoms with E-state index in [4.69, 9.17) is 4.74 Å². The number of hydrogen-bond donors (Lipinski definition) is 0. The third-order valence-corrected chi connectivity index (χ3v) is 6.46. The lowest BCUT2D eigenvalue weighted by atomic mass is 10.2. The highest BCUT2D eigenvalue weighted by Crippen LogP contribution is 2.23. The Hall–Kier alpha value is -2.40. The predicted molar refractivity (Wildman–Crippen MR) is 106 cm³/mol. The summed E-state index contributed by atoms with van der Waals surface area (Å²) in [7, 11) is -1.64. The Morgan fingerprint density at radius 2 is 1.85 bits per heavy atom. The molecule has 5 heteroatoms. The summed E-state index contributed by atoms with van der Waals surface area (Å²) in [5.74, 6) is -0.622. The van der Waals surface area contributed by atoms with Gasteiger partial charge in [-0.05, 0) is 35.9 Å². The highest BCUT2D eigenvalue weighted by molar-refractivity contribution is 6.90. The van der Waals surface area contributed by atoms with Crippen molar-refractivity contribution >= 4 is 30.1 Å². The zero-order valence-corrected chi connectivity index (χ0v) is 16.7. The maximum absolute atomic E-state index is 13.7. The second-order valence-electron chi connectivity index (χ2n) is 7.46. The summed E-state index contributed by atoms with van der Waals surface area (Å²) in [6, 6.07) is 14.6. The minimum Gasteiger partial charge on any atom is -0.461 e. The van der Waals surface area contributed by atoms with E-state index in [1.807, 2.05) is 28.8 Å². The van der Waals surface area contributed by atoms with Crippen LogP contribution in [0.2, 0.25) is 19.6 Å². The number of para-hydroxylation sites is 1. The zero-order chi connectivity index (χ0) is 18.9. The van der Waals surface area contributed by atoms with E-state index in [0.29, 0.717) is 18.8 Å². The molecule has 0 aliphatic heterocycles. The number of fused-ring (bicyclic) bond motifs is 1. The molecular formula is C21H24FNO2Si. The summed E-state index contributed by atoms with van der Waals surface area (Å²) in [6.45, 7) is 9.39. The van der Waals surface area contributed by atoms with Crippen LogP contribution in [-0.2, 0) is 11.3 Å². The fourth-order valence-corrected chi connectivity index (χ4v) is 4.87. The lowest BCUT2D eigenvalue weighted by molar-refractivity contribution is 0.0515. The van der Waals surface area contributed by atoms with E-state index in [1.54, 1.807) is 13.0 Å². The molecule has 3 rings (SSSR count). The first-order valence-electron chi connectivity index (χ1n) is 8.85. The van der Waals surface area contributed by atoms with Gasteiger partial charge in [0.15, 0.2) is 0 Å². The molecule has 136 valence electrons. The van der Waals surface area contributed by atoms with Gasteiger partial charge in [0, 0.05) is 17.4 Å². The van der Waals surface area contributed by atoms with Crippen LogP contribution in [0.4, 0.5) is 4.39 Å². The Bertz CT molecular complexity index is 956. The molecule has 1 aromatic heterocycles. The normalized spacial score (nSPS) is 11.7. The first-order valence-corrected chi connectivity index (χ1v) is 12.4. The Kier molecular flexibility index (Phi) is 5.00. The predicted octanol–water partition coefficient (Wildman–Crippen LogP) is 4.55. The van der Waals surface area contributed by atoms with Gasteiger partial charge in [-0.25, -0.2) is 9.18 Å². The van der Waals surface area contributed by atoms with Gasteiger partial charge in [0.25, 0.3) is 0 Å². The molecular weight excluding hydrogens is 345 g/mol. The molecule has 1 heterocycles. The van der Waals surface area contributed by atoms with Gasteiger partial charge in [-0.1, -0.05) is 50.0 Å². The van der Waals surface area contributed by atoms with Gasteiger partial charge in [-0.2, -0.15) is 0 Å². The van der Waals surface area contributed by atoms with Crippen molar-refractivity contribution < 1.29 is 13.9 Å². The molecule has 0 N–H and O–H groups in total. The minimum absolute atomic E-state index is 0.276. The van der Waals surface area contributed by atoms with Gasteiger partial charge >= 0.3 is 5.97 Å². The van der Waals surface area contributed by atoms with Crippen molar-refractivity contribution in [2.45, 2.75) is 33.1 Å². The molecule has 0 saturated carbocycles. The highest BCUT2D eigenvalue weighted by atomic mass is 28.3.